The van der Waals surface area contributed by atoms with E-state index in [4.69, 9.17) is 5.73 Å². The van der Waals surface area contributed by atoms with Crippen LogP contribution < -0.4 is 16.4 Å². The molecule has 156 valence electrons. The zero-order valence-electron chi connectivity index (χ0n) is 16.6. The van der Waals surface area contributed by atoms with Gasteiger partial charge in [-0.2, -0.15) is 0 Å². The standard InChI is InChI=1S/C19H25N5O4S/c1-18(2,11-25)24-17(26)21-13-6-4-12(5-7-13)16-22-14(10-15(20)23-16)19(8-9-19)29(3,27)28/h4-7,10,25H,8-9,11H2,1-3H3,(H2,20,22,23)(H2,21,24,26). The number of hydrogen-bond acceptors (Lipinski definition) is 7. The van der Waals surface area contributed by atoms with Gasteiger partial charge in [-0.3, -0.25) is 0 Å². The van der Waals surface area contributed by atoms with Crippen LogP contribution in [0.3, 0.4) is 0 Å². The van der Waals surface area contributed by atoms with Gasteiger partial charge in [0.25, 0.3) is 0 Å². The predicted molar refractivity (Wildman–Crippen MR) is 111 cm³/mol. The molecule has 1 aliphatic carbocycles. The smallest absolute Gasteiger partial charge is 0.319 e. The maximum atomic E-state index is 12.2. The lowest BCUT2D eigenvalue weighted by Gasteiger charge is -2.23. The molecule has 0 aliphatic heterocycles. The second-order valence-corrected chi connectivity index (χ2v) is 10.3. The third kappa shape index (κ3) is 4.48. The molecule has 3 rings (SSSR count). The van der Waals surface area contributed by atoms with E-state index in [1.54, 1.807) is 38.1 Å². The highest BCUT2D eigenvalue weighted by atomic mass is 32.2. The zero-order chi connectivity index (χ0) is 21.4. The van der Waals surface area contributed by atoms with Gasteiger partial charge in [0, 0.05) is 23.6 Å². The number of urea groups is 1. The monoisotopic (exact) mass is 419 g/mol. The number of nitrogens with one attached hydrogen (secondary N) is 2. The Balaban J connectivity index is 1.81. The third-order valence-electron chi connectivity index (χ3n) is 4.87. The van der Waals surface area contributed by atoms with Crippen LogP contribution in [-0.2, 0) is 14.6 Å². The number of aliphatic hydroxyl groups excluding tert-OH is 1. The number of nitrogens with two attached hydrogens (primary N) is 1. The summed E-state index contributed by atoms with van der Waals surface area (Å²) in [5.74, 6) is 0.528. The highest BCUT2D eigenvalue weighted by molar-refractivity contribution is 7.91. The van der Waals surface area contributed by atoms with Gasteiger partial charge < -0.3 is 21.5 Å². The summed E-state index contributed by atoms with van der Waals surface area (Å²) in [7, 11) is -3.32. The fourth-order valence-electron chi connectivity index (χ4n) is 2.97. The zero-order valence-corrected chi connectivity index (χ0v) is 17.4. The molecule has 1 fully saturated rings. The molecule has 0 radical (unpaired) electrons. The van der Waals surface area contributed by atoms with Crippen LogP contribution in [0.5, 0.6) is 0 Å². The Kier molecular flexibility index (Phi) is 5.26. The summed E-state index contributed by atoms with van der Waals surface area (Å²) < 4.78 is 23.4. The summed E-state index contributed by atoms with van der Waals surface area (Å²) in [6.07, 6.45) is 2.25. The third-order valence-corrected chi connectivity index (χ3v) is 6.91. The van der Waals surface area contributed by atoms with Crippen molar-refractivity contribution in [1.29, 1.82) is 0 Å². The van der Waals surface area contributed by atoms with Crippen LogP contribution in [-0.4, -0.2) is 47.9 Å². The van der Waals surface area contributed by atoms with Gasteiger partial charge in [-0.1, -0.05) is 0 Å². The molecule has 1 heterocycles. The van der Waals surface area contributed by atoms with E-state index in [2.05, 4.69) is 20.6 Å². The second kappa shape index (κ2) is 7.27. The van der Waals surface area contributed by atoms with Crippen molar-refractivity contribution in [2.24, 2.45) is 0 Å². The molecule has 5 N–H and O–H groups in total. The minimum absolute atomic E-state index is 0.191. The first-order valence-electron chi connectivity index (χ1n) is 9.11. The Morgan fingerprint density at radius 2 is 1.86 bits per heavy atom. The summed E-state index contributed by atoms with van der Waals surface area (Å²) in [4.78, 5) is 20.7. The summed E-state index contributed by atoms with van der Waals surface area (Å²) in [6.45, 7) is 3.21. The number of benzene rings is 1. The molecular formula is C19H25N5O4S. The number of anilines is 2. The van der Waals surface area contributed by atoms with Crippen molar-refractivity contribution in [3.8, 4) is 11.4 Å². The molecule has 1 aromatic heterocycles. The normalized spacial score (nSPS) is 15.6. The number of aromatic nitrogens is 2. The molecule has 29 heavy (non-hydrogen) atoms. The topological polar surface area (TPSA) is 147 Å². The summed E-state index contributed by atoms with van der Waals surface area (Å²) in [6, 6.07) is 7.85. The maximum absolute atomic E-state index is 12.2. The summed E-state index contributed by atoms with van der Waals surface area (Å²) in [5, 5.41) is 14.6. The number of rotatable bonds is 6. The van der Waals surface area contributed by atoms with E-state index >= 15 is 0 Å². The van der Waals surface area contributed by atoms with Gasteiger partial charge in [-0.05, 0) is 51.0 Å². The second-order valence-electron chi connectivity index (χ2n) is 7.97. The lowest BCUT2D eigenvalue weighted by atomic mass is 10.1. The van der Waals surface area contributed by atoms with E-state index in [1.165, 1.54) is 12.3 Å². The molecule has 0 bridgehead atoms. The maximum Gasteiger partial charge on any atom is 0.319 e. The molecule has 0 atom stereocenters. The van der Waals surface area contributed by atoms with E-state index < -0.39 is 26.2 Å². The minimum atomic E-state index is -3.32. The molecule has 0 spiro atoms. The van der Waals surface area contributed by atoms with Crippen molar-refractivity contribution in [1.82, 2.24) is 15.3 Å². The Morgan fingerprint density at radius 1 is 1.24 bits per heavy atom. The molecule has 1 aliphatic rings. The Bertz CT molecular complexity index is 1030. The quantitative estimate of drug-likeness (QED) is 0.556. The van der Waals surface area contributed by atoms with Gasteiger partial charge >= 0.3 is 6.03 Å². The molecular weight excluding hydrogens is 394 g/mol. The first-order chi connectivity index (χ1) is 13.5. The van der Waals surface area contributed by atoms with Gasteiger partial charge in [-0.25, -0.2) is 23.2 Å². The van der Waals surface area contributed by atoms with Crippen molar-refractivity contribution in [3.05, 3.63) is 36.0 Å². The van der Waals surface area contributed by atoms with Crippen molar-refractivity contribution in [2.45, 2.75) is 37.0 Å². The number of hydrogen-bond donors (Lipinski definition) is 4. The first-order valence-corrected chi connectivity index (χ1v) is 11.0. The van der Waals surface area contributed by atoms with E-state index in [1.807, 2.05) is 0 Å². The van der Waals surface area contributed by atoms with Gasteiger partial charge in [0.15, 0.2) is 15.7 Å². The van der Waals surface area contributed by atoms with Crippen LogP contribution in [0, 0.1) is 0 Å². The number of aliphatic hydroxyl groups is 1. The fourth-order valence-corrected chi connectivity index (χ4v) is 4.30. The molecule has 0 unspecified atom stereocenters. The van der Waals surface area contributed by atoms with Crippen molar-refractivity contribution in [2.75, 3.05) is 23.9 Å². The summed E-state index contributed by atoms with van der Waals surface area (Å²) >= 11 is 0. The SMILES string of the molecule is CC(C)(CO)NC(=O)Nc1ccc(-c2nc(N)cc(C3(S(C)(=O)=O)CC3)n2)cc1. The predicted octanol–water partition coefficient (Wildman–Crippen LogP) is 1.65. The van der Waals surface area contributed by atoms with Crippen molar-refractivity contribution >= 4 is 27.4 Å². The number of nitrogens with zero attached hydrogens (tertiary/aromatic N) is 2. The molecule has 2 amide bonds. The van der Waals surface area contributed by atoms with Gasteiger partial charge in [0.1, 0.15) is 10.6 Å². The molecule has 0 saturated heterocycles. The van der Waals surface area contributed by atoms with Crippen LogP contribution >= 0.6 is 0 Å². The Hall–Kier alpha value is -2.72. The number of sulfone groups is 1. The van der Waals surface area contributed by atoms with Crippen molar-refractivity contribution < 1.29 is 18.3 Å². The van der Waals surface area contributed by atoms with Crippen LogP contribution in [0.15, 0.2) is 30.3 Å². The van der Waals surface area contributed by atoms with Crippen LogP contribution in [0.25, 0.3) is 11.4 Å². The van der Waals surface area contributed by atoms with Crippen LogP contribution in [0.4, 0.5) is 16.3 Å². The average Bonchev–Trinajstić information content (AvgIpc) is 3.43. The largest absolute Gasteiger partial charge is 0.394 e. The van der Waals surface area contributed by atoms with E-state index in [0.717, 1.165) is 0 Å². The lowest BCUT2D eigenvalue weighted by molar-refractivity contribution is 0.187. The van der Waals surface area contributed by atoms with Gasteiger partial charge in [0.05, 0.1) is 17.8 Å². The fraction of sp³-hybridized carbons (Fsp3) is 0.421. The van der Waals surface area contributed by atoms with E-state index in [0.29, 0.717) is 35.6 Å². The Labute approximate surface area is 169 Å². The van der Waals surface area contributed by atoms with Gasteiger partial charge in [0.2, 0.25) is 0 Å². The number of nitrogen functional groups attached to an aromatic ring is 1. The number of amides is 2. The van der Waals surface area contributed by atoms with E-state index in [9.17, 15) is 18.3 Å². The van der Waals surface area contributed by atoms with E-state index in [-0.39, 0.29) is 12.4 Å². The van der Waals surface area contributed by atoms with Gasteiger partial charge in [-0.15, -0.1) is 0 Å². The van der Waals surface area contributed by atoms with Crippen LogP contribution in [0.2, 0.25) is 0 Å². The molecule has 1 aromatic carbocycles. The first kappa shape index (κ1) is 21.0. The molecule has 9 nitrogen and oxygen atoms in total. The molecule has 1 saturated carbocycles. The lowest BCUT2D eigenvalue weighted by Crippen LogP contribution is -2.48. The Morgan fingerprint density at radius 3 is 2.38 bits per heavy atom. The highest BCUT2D eigenvalue weighted by Gasteiger charge is 2.55. The minimum Gasteiger partial charge on any atom is -0.394 e. The average molecular weight is 420 g/mol. The van der Waals surface area contributed by atoms with Crippen molar-refractivity contribution in [3.63, 3.8) is 0 Å². The highest BCUT2D eigenvalue weighted by Crippen LogP contribution is 2.52. The summed E-state index contributed by atoms with van der Waals surface area (Å²) in [5.41, 5.74) is 6.75. The van der Waals surface area contributed by atoms with Crippen LogP contribution in [0.1, 0.15) is 32.4 Å². The molecule has 10 heteroatoms. The molecule has 2 aromatic rings. The number of carbonyl (C=O) groups excluding carboxylic acids is 1. The number of carbonyl (C=O) groups is 1.